The molecular weight excluding hydrogens is 309 g/mol. The minimum absolute atomic E-state index is 0.0234. The van der Waals surface area contributed by atoms with Gasteiger partial charge in [0.15, 0.2) is 0 Å². The van der Waals surface area contributed by atoms with Gasteiger partial charge < -0.3 is 15.4 Å². The van der Waals surface area contributed by atoms with Crippen molar-refractivity contribution in [3.05, 3.63) is 22.7 Å². The third-order valence-electron chi connectivity index (χ3n) is 2.65. The molecule has 1 rings (SSSR count). The average Bonchev–Trinajstić information content (AvgIpc) is 2.34. The lowest BCUT2D eigenvalue weighted by Crippen LogP contribution is -2.35. The van der Waals surface area contributed by atoms with E-state index in [-0.39, 0.29) is 35.1 Å². The monoisotopic (exact) mass is 324 g/mol. The third kappa shape index (κ3) is 4.70. The number of carbonyl (C=O) groups excluding carboxylic acids is 1. The standard InChI is InChI=1S/C13H16ClF3N2O2/c1-3-19(7-13(15,16)17)11-9(12(20)21-4-2)5-8(18)6-10(11)14/h5-6H,3-4,7,18H2,1-2H3. The van der Waals surface area contributed by atoms with Crippen molar-refractivity contribution in [3.63, 3.8) is 0 Å². The highest BCUT2D eigenvalue weighted by Gasteiger charge is 2.33. The Labute approximate surface area is 125 Å². The number of nitrogen functional groups attached to an aromatic ring is 1. The zero-order valence-corrected chi connectivity index (χ0v) is 12.4. The maximum atomic E-state index is 12.6. The fourth-order valence-corrected chi connectivity index (χ4v) is 2.22. The zero-order valence-electron chi connectivity index (χ0n) is 11.6. The number of hydrogen-bond donors (Lipinski definition) is 1. The smallest absolute Gasteiger partial charge is 0.405 e. The molecule has 118 valence electrons. The zero-order chi connectivity index (χ0) is 16.2. The lowest BCUT2D eigenvalue weighted by molar-refractivity contribution is -0.119. The van der Waals surface area contributed by atoms with Gasteiger partial charge in [-0.3, -0.25) is 0 Å². The molecule has 0 bridgehead atoms. The van der Waals surface area contributed by atoms with Gasteiger partial charge in [-0.1, -0.05) is 11.6 Å². The molecular formula is C13H16ClF3N2O2. The van der Waals surface area contributed by atoms with Crippen molar-refractivity contribution in [2.24, 2.45) is 0 Å². The number of nitrogens with two attached hydrogens (primary N) is 1. The SMILES string of the molecule is CCOC(=O)c1cc(N)cc(Cl)c1N(CC)CC(F)(F)F. The van der Waals surface area contributed by atoms with Crippen molar-refractivity contribution in [3.8, 4) is 0 Å². The minimum Gasteiger partial charge on any atom is -0.462 e. The van der Waals surface area contributed by atoms with Gasteiger partial charge >= 0.3 is 12.1 Å². The average molecular weight is 325 g/mol. The molecule has 0 aromatic heterocycles. The van der Waals surface area contributed by atoms with Crippen LogP contribution in [-0.4, -0.2) is 31.8 Å². The molecule has 0 aliphatic rings. The normalized spacial score (nSPS) is 11.3. The van der Waals surface area contributed by atoms with E-state index < -0.39 is 18.7 Å². The van der Waals surface area contributed by atoms with Gasteiger partial charge in [0.25, 0.3) is 0 Å². The summed E-state index contributed by atoms with van der Waals surface area (Å²) in [6, 6.07) is 2.57. The second-order valence-corrected chi connectivity index (χ2v) is 4.66. The second kappa shape index (κ2) is 6.89. The Morgan fingerprint density at radius 1 is 1.38 bits per heavy atom. The van der Waals surface area contributed by atoms with Crippen LogP contribution in [0, 0.1) is 0 Å². The largest absolute Gasteiger partial charge is 0.462 e. The molecule has 0 heterocycles. The number of alkyl halides is 3. The maximum absolute atomic E-state index is 12.6. The van der Waals surface area contributed by atoms with E-state index in [0.717, 1.165) is 4.90 Å². The number of ether oxygens (including phenoxy) is 1. The second-order valence-electron chi connectivity index (χ2n) is 4.25. The van der Waals surface area contributed by atoms with Gasteiger partial charge in [-0.15, -0.1) is 0 Å². The van der Waals surface area contributed by atoms with E-state index in [2.05, 4.69) is 0 Å². The van der Waals surface area contributed by atoms with Crippen LogP contribution in [0.4, 0.5) is 24.5 Å². The predicted molar refractivity (Wildman–Crippen MR) is 75.8 cm³/mol. The van der Waals surface area contributed by atoms with Gasteiger partial charge in [0.05, 0.1) is 22.9 Å². The first kappa shape index (κ1) is 17.4. The molecule has 0 radical (unpaired) electrons. The van der Waals surface area contributed by atoms with Gasteiger partial charge in [0.1, 0.15) is 6.54 Å². The fourth-order valence-electron chi connectivity index (χ4n) is 1.87. The van der Waals surface area contributed by atoms with Crippen LogP contribution in [0.2, 0.25) is 5.02 Å². The van der Waals surface area contributed by atoms with Crippen LogP contribution in [0.3, 0.4) is 0 Å². The molecule has 1 aromatic rings. The van der Waals surface area contributed by atoms with Crippen LogP contribution < -0.4 is 10.6 Å². The number of rotatable bonds is 5. The minimum atomic E-state index is -4.42. The number of hydrogen-bond acceptors (Lipinski definition) is 4. The Bertz CT molecular complexity index is 521. The molecule has 0 unspecified atom stereocenters. The van der Waals surface area contributed by atoms with Gasteiger partial charge in [0, 0.05) is 12.2 Å². The summed E-state index contributed by atoms with van der Waals surface area (Å²) in [7, 11) is 0. The summed E-state index contributed by atoms with van der Waals surface area (Å²) in [5.41, 5.74) is 5.67. The summed E-state index contributed by atoms with van der Waals surface area (Å²) in [6.45, 7) is 2.03. The van der Waals surface area contributed by atoms with Crippen LogP contribution in [0.15, 0.2) is 12.1 Å². The number of carbonyl (C=O) groups is 1. The van der Waals surface area contributed by atoms with Gasteiger partial charge in [-0.05, 0) is 26.0 Å². The third-order valence-corrected chi connectivity index (χ3v) is 2.94. The highest BCUT2D eigenvalue weighted by atomic mass is 35.5. The molecule has 21 heavy (non-hydrogen) atoms. The van der Waals surface area contributed by atoms with E-state index in [4.69, 9.17) is 22.1 Å². The van der Waals surface area contributed by atoms with E-state index in [1.165, 1.54) is 19.1 Å². The van der Waals surface area contributed by atoms with E-state index in [9.17, 15) is 18.0 Å². The van der Waals surface area contributed by atoms with Crippen LogP contribution in [0.5, 0.6) is 0 Å². The lowest BCUT2D eigenvalue weighted by atomic mass is 10.1. The summed E-state index contributed by atoms with van der Waals surface area (Å²) in [4.78, 5) is 12.9. The Balaban J connectivity index is 3.34. The molecule has 1 aromatic carbocycles. The van der Waals surface area contributed by atoms with Crippen LogP contribution in [-0.2, 0) is 4.74 Å². The van der Waals surface area contributed by atoms with E-state index >= 15 is 0 Å². The molecule has 0 saturated carbocycles. The van der Waals surface area contributed by atoms with Gasteiger partial charge in [-0.25, -0.2) is 4.79 Å². The van der Waals surface area contributed by atoms with Crippen molar-refractivity contribution in [2.45, 2.75) is 20.0 Å². The highest BCUT2D eigenvalue weighted by Crippen LogP contribution is 2.34. The van der Waals surface area contributed by atoms with Gasteiger partial charge in [-0.2, -0.15) is 13.2 Å². The number of anilines is 2. The summed E-state index contributed by atoms with van der Waals surface area (Å²) < 4.78 is 42.8. The van der Waals surface area contributed by atoms with Crippen LogP contribution in [0.25, 0.3) is 0 Å². The molecule has 0 amide bonds. The number of halogens is 4. The summed E-state index contributed by atoms with van der Waals surface area (Å²) in [5, 5.41) is -0.0239. The molecule has 0 aliphatic carbocycles. The van der Waals surface area contributed by atoms with Crippen molar-refractivity contribution >= 4 is 28.9 Å². The van der Waals surface area contributed by atoms with E-state index in [1.54, 1.807) is 6.92 Å². The van der Waals surface area contributed by atoms with Crippen LogP contribution in [0.1, 0.15) is 24.2 Å². The Morgan fingerprint density at radius 2 is 2.00 bits per heavy atom. The molecule has 0 saturated heterocycles. The van der Waals surface area contributed by atoms with E-state index in [1.807, 2.05) is 0 Å². The quantitative estimate of drug-likeness (QED) is 0.665. The van der Waals surface area contributed by atoms with E-state index in [0.29, 0.717) is 0 Å². The molecule has 0 aliphatic heterocycles. The Morgan fingerprint density at radius 3 is 2.48 bits per heavy atom. The van der Waals surface area contributed by atoms with Crippen LogP contribution >= 0.6 is 11.6 Å². The maximum Gasteiger partial charge on any atom is 0.405 e. The number of esters is 1. The van der Waals surface area contributed by atoms with Crippen molar-refractivity contribution in [1.82, 2.24) is 0 Å². The molecule has 0 spiro atoms. The first-order valence-corrected chi connectivity index (χ1v) is 6.65. The highest BCUT2D eigenvalue weighted by molar-refractivity contribution is 6.34. The predicted octanol–water partition coefficient (Wildman–Crippen LogP) is 3.49. The Kier molecular flexibility index (Phi) is 5.71. The first-order valence-electron chi connectivity index (χ1n) is 6.27. The van der Waals surface area contributed by atoms with Crippen molar-refractivity contribution in [2.75, 3.05) is 30.3 Å². The molecule has 4 nitrogen and oxygen atoms in total. The lowest BCUT2D eigenvalue weighted by Gasteiger charge is -2.27. The van der Waals surface area contributed by atoms with Crippen molar-refractivity contribution < 1.29 is 22.7 Å². The molecule has 0 fully saturated rings. The molecule has 0 atom stereocenters. The molecule has 8 heteroatoms. The Hall–Kier alpha value is -1.63. The fraction of sp³-hybridized carbons (Fsp3) is 0.462. The summed E-state index contributed by atoms with van der Waals surface area (Å²) in [5.74, 6) is -0.762. The first-order chi connectivity index (χ1) is 9.69. The van der Waals surface area contributed by atoms with Crippen molar-refractivity contribution in [1.29, 1.82) is 0 Å². The van der Waals surface area contributed by atoms with Gasteiger partial charge in [0.2, 0.25) is 0 Å². The number of benzene rings is 1. The summed E-state index contributed by atoms with van der Waals surface area (Å²) in [6.07, 6.45) is -4.42. The molecule has 2 N–H and O–H groups in total. The summed E-state index contributed by atoms with van der Waals surface area (Å²) >= 11 is 5.98. The topological polar surface area (TPSA) is 55.6 Å². The number of nitrogens with zero attached hydrogens (tertiary/aromatic N) is 1.